The van der Waals surface area contributed by atoms with Gasteiger partial charge in [-0.1, -0.05) is 69.9 Å². The van der Waals surface area contributed by atoms with Crippen molar-refractivity contribution in [3.8, 4) is 0 Å². The molecule has 7 nitrogen and oxygen atoms in total. The third kappa shape index (κ3) is 6.93. The van der Waals surface area contributed by atoms with E-state index in [1.54, 1.807) is 12.1 Å². The Labute approximate surface area is 244 Å². The zero-order valence-electron chi connectivity index (χ0n) is 24.6. The first-order valence-electron chi connectivity index (χ1n) is 14.6. The number of carbonyl (C=O) groups excluding carboxylic acids is 1. The molecule has 0 bridgehead atoms. The molecule has 2 atom stereocenters. The molecule has 220 valence electrons. The minimum absolute atomic E-state index is 0.0800. The summed E-state index contributed by atoms with van der Waals surface area (Å²) in [5.41, 5.74) is 2.68. The summed E-state index contributed by atoms with van der Waals surface area (Å²) in [6.45, 7) is 4.19. The van der Waals surface area contributed by atoms with Gasteiger partial charge < -0.3 is 20.6 Å². The van der Waals surface area contributed by atoms with Gasteiger partial charge in [0.25, 0.3) is 0 Å². The van der Waals surface area contributed by atoms with Gasteiger partial charge in [-0.3, -0.25) is 0 Å². The average Bonchev–Trinajstić information content (AvgIpc) is 3.01. The summed E-state index contributed by atoms with van der Waals surface area (Å²) >= 11 is 0. The summed E-state index contributed by atoms with van der Waals surface area (Å²) in [5.74, 6) is -0.668. The number of urea groups is 1. The van der Waals surface area contributed by atoms with Gasteiger partial charge in [0.1, 0.15) is 0 Å². The largest absolute Gasteiger partial charge is 0.392 e. The normalized spacial score (nSPS) is 19.0. The first-order chi connectivity index (χ1) is 19.6. The maximum Gasteiger partial charge on any atom is 0.323 e. The summed E-state index contributed by atoms with van der Waals surface area (Å²) in [4.78, 5) is 15.0. The quantitative estimate of drug-likeness (QED) is 0.240. The molecule has 0 fully saturated rings. The van der Waals surface area contributed by atoms with Crippen LogP contribution >= 0.6 is 0 Å². The SMILES string of the molecule is CCCCC1(CCCC)CS(=O)(=O)c2ccc(N(C)C)cc2[C@@H](c2cccc(NC(=O)Nc3ccccc3)c2)[C@H]1O. The molecule has 41 heavy (non-hydrogen) atoms. The van der Waals surface area contributed by atoms with Crippen LogP contribution in [-0.2, 0) is 9.84 Å². The predicted molar refractivity (Wildman–Crippen MR) is 168 cm³/mol. The first kappa shape index (κ1) is 30.6. The van der Waals surface area contributed by atoms with Crippen LogP contribution in [0.1, 0.15) is 69.4 Å². The highest BCUT2D eigenvalue weighted by Gasteiger charge is 2.49. The van der Waals surface area contributed by atoms with Gasteiger partial charge in [0.05, 0.1) is 16.8 Å². The van der Waals surface area contributed by atoms with E-state index in [2.05, 4.69) is 24.5 Å². The van der Waals surface area contributed by atoms with Crippen LogP contribution in [0.2, 0.25) is 0 Å². The van der Waals surface area contributed by atoms with Crippen LogP contribution < -0.4 is 15.5 Å². The molecule has 2 amide bonds. The monoisotopic (exact) mass is 577 g/mol. The number of carbonyl (C=O) groups is 1. The molecule has 0 radical (unpaired) electrons. The predicted octanol–water partition coefficient (Wildman–Crippen LogP) is 7.04. The number of aliphatic hydroxyl groups is 1. The Balaban J connectivity index is 1.83. The Morgan fingerprint density at radius 1 is 0.902 bits per heavy atom. The van der Waals surface area contributed by atoms with E-state index in [0.29, 0.717) is 29.8 Å². The molecule has 1 aliphatic rings. The minimum atomic E-state index is -3.69. The second-order valence-electron chi connectivity index (χ2n) is 11.4. The molecule has 0 saturated heterocycles. The molecule has 0 spiro atoms. The Morgan fingerprint density at radius 3 is 2.17 bits per heavy atom. The fraction of sp³-hybridized carbons (Fsp3) is 0.424. The van der Waals surface area contributed by atoms with Crippen molar-refractivity contribution in [2.75, 3.05) is 35.4 Å². The zero-order valence-corrected chi connectivity index (χ0v) is 25.4. The van der Waals surface area contributed by atoms with E-state index in [4.69, 9.17) is 0 Å². The fourth-order valence-electron chi connectivity index (χ4n) is 6.01. The Bertz CT molecular complexity index is 1430. The smallest absolute Gasteiger partial charge is 0.323 e. The van der Waals surface area contributed by atoms with Crippen molar-refractivity contribution < 1.29 is 18.3 Å². The lowest BCUT2D eigenvalue weighted by molar-refractivity contribution is 0.0127. The van der Waals surface area contributed by atoms with Crippen LogP contribution in [0.5, 0.6) is 0 Å². The number of nitrogens with one attached hydrogen (secondary N) is 2. The van der Waals surface area contributed by atoms with E-state index in [-0.39, 0.29) is 16.7 Å². The number of para-hydroxylation sites is 1. The third-order valence-electron chi connectivity index (χ3n) is 8.19. The number of rotatable bonds is 10. The molecule has 3 aromatic carbocycles. The summed E-state index contributed by atoms with van der Waals surface area (Å²) in [6, 6.07) is 21.7. The molecule has 1 aliphatic heterocycles. The van der Waals surface area contributed by atoms with Gasteiger partial charge in [-0.05, 0) is 66.4 Å². The Hall–Kier alpha value is -3.36. The molecule has 8 heteroatoms. The van der Waals surface area contributed by atoms with Crippen LogP contribution in [0.4, 0.5) is 21.9 Å². The number of benzene rings is 3. The lowest BCUT2D eigenvalue weighted by atomic mass is 9.68. The lowest BCUT2D eigenvalue weighted by Gasteiger charge is -2.40. The first-order valence-corrected chi connectivity index (χ1v) is 16.2. The molecular formula is C33H43N3O4S. The van der Waals surface area contributed by atoms with Crippen molar-refractivity contribution in [1.29, 1.82) is 0 Å². The van der Waals surface area contributed by atoms with Crippen molar-refractivity contribution in [2.24, 2.45) is 5.41 Å². The maximum atomic E-state index is 14.0. The van der Waals surface area contributed by atoms with E-state index >= 15 is 0 Å². The number of aliphatic hydroxyl groups excluding tert-OH is 1. The Kier molecular flexibility index (Phi) is 9.76. The number of unbranched alkanes of at least 4 members (excludes halogenated alkanes) is 2. The van der Waals surface area contributed by atoms with Crippen LogP contribution in [-0.4, -0.2) is 45.5 Å². The van der Waals surface area contributed by atoms with E-state index in [1.807, 2.05) is 79.7 Å². The van der Waals surface area contributed by atoms with Crippen molar-refractivity contribution in [3.05, 3.63) is 83.9 Å². The number of sulfone groups is 1. The second kappa shape index (κ2) is 13.1. The van der Waals surface area contributed by atoms with E-state index in [1.165, 1.54) is 0 Å². The standard InChI is InChI=1S/C33H43N3O4S/c1-5-7-19-33(20-8-6-2)23-41(39,40)29-18-17-27(36(3)4)22-28(29)30(31(33)37)24-13-12-16-26(21-24)35-32(38)34-25-14-10-9-11-15-25/h9-18,21-22,30-31,37H,5-8,19-20,23H2,1-4H3,(H2,34,35,38)/t30-,31-/m1/s1. The van der Waals surface area contributed by atoms with Gasteiger partial charge in [0, 0.05) is 42.5 Å². The van der Waals surface area contributed by atoms with Gasteiger partial charge in [0.2, 0.25) is 0 Å². The highest BCUT2D eigenvalue weighted by atomic mass is 32.2. The van der Waals surface area contributed by atoms with E-state index in [0.717, 1.165) is 36.9 Å². The van der Waals surface area contributed by atoms with E-state index < -0.39 is 27.3 Å². The van der Waals surface area contributed by atoms with Crippen molar-refractivity contribution in [3.63, 3.8) is 0 Å². The molecule has 0 saturated carbocycles. The summed E-state index contributed by atoms with van der Waals surface area (Å²) in [6.07, 6.45) is 3.84. The molecule has 0 unspecified atom stereocenters. The zero-order chi connectivity index (χ0) is 29.6. The van der Waals surface area contributed by atoms with Crippen LogP contribution in [0.15, 0.2) is 77.7 Å². The molecular weight excluding hydrogens is 534 g/mol. The van der Waals surface area contributed by atoms with E-state index in [9.17, 15) is 18.3 Å². The van der Waals surface area contributed by atoms with Gasteiger partial charge in [-0.25, -0.2) is 13.2 Å². The number of nitrogens with zero attached hydrogens (tertiary/aromatic N) is 1. The molecule has 3 N–H and O–H groups in total. The molecule has 1 heterocycles. The number of amides is 2. The van der Waals surface area contributed by atoms with Crippen molar-refractivity contribution in [2.45, 2.75) is 69.3 Å². The highest BCUT2D eigenvalue weighted by molar-refractivity contribution is 7.91. The average molecular weight is 578 g/mol. The number of hydrogen-bond acceptors (Lipinski definition) is 5. The molecule has 4 rings (SSSR count). The van der Waals surface area contributed by atoms with Crippen molar-refractivity contribution in [1.82, 2.24) is 0 Å². The highest BCUT2D eigenvalue weighted by Crippen LogP contribution is 2.50. The third-order valence-corrected chi connectivity index (χ3v) is 10.2. The number of anilines is 3. The summed E-state index contributed by atoms with van der Waals surface area (Å²) in [5, 5.41) is 18.1. The van der Waals surface area contributed by atoms with Gasteiger partial charge in [-0.2, -0.15) is 0 Å². The molecule has 0 aliphatic carbocycles. The van der Waals surface area contributed by atoms with Crippen molar-refractivity contribution >= 4 is 32.9 Å². The lowest BCUT2D eigenvalue weighted by Crippen LogP contribution is -2.43. The number of hydrogen-bond donors (Lipinski definition) is 3. The Morgan fingerprint density at radius 2 is 1.54 bits per heavy atom. The fourth-order valence-corrected chi connectivity index (χ4v) is 8.21. The topological polar surface area (TPSA) is 98.7 Å². The number of fused-ring (bicyclic) bond motifs is 1. The van der Waals surface area contributed by atoms with Crippen LogP contribution in [0.25, 0.3) is 0 Å². The van der Waals surface area contributed by atoms with Crippen LogP contribution in [0, 0.1) is 5.41 Å². The molecule has 3 aromatic rings. The van der Waals surface area contributed by atoms with Crippen LogP contribution in [0.3, 0.4) is 0 Å². The maximum absolute atomic E-state index is 14.0. The van der Waals surface area contributed by atoms with Gasteiger partial charge in [-0.15, -0.1) is 0 Å². The second-order valence-corrected chi connectivity index (χ2v) is 13.4. The summed E-state index contributed by atoms with van der Waals surface area (Å²) in [7, 11) is 0.150. The minimum Gasteiger partial charge on any atom is -0.392 e. The summed E-state index contributed by atoms with van der Waals surface area (Å²) < 4.78 is 28.1. The van der Waals surface area contributed by atoms with Gasteiger partial charge >= 0.3 is 6.03 Å². The molecule has 0 aromatic heterocycles. The van der Waals surface area contributed by atoms with Gasteiger partial charge in [0.15, 0.2) is 9.84 Å².